The summed E-state index contributed by atoms with van der Waals surface area (Å²) in [7, 11) is 0. The van der Waals surface area contributed by atoms with Gasteiger partial charge in [0.15, 0.2) is 0 Å². The molecule has 0 spiro atoms. The Bertz CT molecular complexity index is 985. The summed E-state index contributed by atoms with van der Waals surface area (Å²) < 4.78 is 0. The number of fused-ring (bicyclic) bond motifs is 1. The summed E-state index contributed by atoms with van der Waals surface area (Å²) in [5.74, 6) is -0.291. The van der Waals surface area contributed by atoms with Crippen LogP contribution < -0.4 is 5.73 Å². The average Bonchev–Trinajstić information content (AvgIpc) is 3.52. The van der Waals surface area contributed by atoms with E-state index in [-0.39, 0.29) is 5.91 Å². The van der Waals surface area contributed by atoms with Crippen molar-refractivity contribution in [3.8, 4) is 0 Å². The minimum atomic E-state index is -0.437. The number of carbonyl (C=O) groups excluding carboxylic acids is 2. The third kappa shape index (κ3) is 3.85. The highest BCUT2D eigenvalue weighted by atomic mass is 16.2. The van der Waals surface area contributed by atoms with Crippen molar-refractivity contribution in [3.05, 3.63) is 83.4 Å². The lowest BCUT2D eigenvalue weighted by atomic mass is 10.0. The van der Waals surface area contributed by atoms with E-state index in [1.807, 2.05) is 41.3 Å². The van der Waals surface area contributed by atoms with Crippen molar-refractivity contribution < 1.29 is 9.59 Å². The van der Waals surface area contributed by atoms with E-state index in [0.29, 0.717) is 24.6 Å². The molecule has 0 heterocycles. The first-order chi connectivity index (χ1) is 13.1. The first kappa shape index (κ1) is 17.3. The van der Waals surface area contributed by atoms with E-state index >= 15 is 0 Å². The monoisotopic (exact) mass is 358 g/mol. The zero-order valence-electron chi connectivity index (χ0n) is 15.1. The number of primary amides is 1. The summed E-state index contributed by atoms with van der Waals surface area (Å²) >= 11 is 0. The first-order valence-electron chi connectivity index (χ1n) is 9.26. The van der Waals surface area contributed by atoms with Gasteiger partial charge in [-0.05, 0) is 46.9 Å². The van der Waals surface area contributed by atoms with Gasteiger partial charge >= 0.3 is 0 Å². The third-order valence-corrected chi connectivity index (χ3v) is 5.12. The second-order valence-corrected chi connectivity index (χ2v) is 7.13. The van der Waals surface area contributed by atoms with Crippen LogP contribution in [0, 0.1) is 0 Å². The normalized spacial score (nSPS) is 13.5. The van der Waals surface area contributed by atoms with Gasteiger partial charge in [-0.1, -0.05) is 54.6 Å². The Morgan fingerprint density at radius 3 is 2.33 bits per heavy atom. The van der Waals surface area contributed by atoms with E-state index < -0.39 is 5.91 Å². The van der Waals surface area contributed by atoms with Crippen molar-refractivity contribution in [2.45, 2.75) is 31.8 Å². The summed E-state index contributed by atoms with van der Waals surface area (Å²) in [6.45, 7) is 0.563. The standard InChI is InChI=1S/C23H22N2O2/c24-23(27)18-10-8-16(9-11-18)15-25(20-12-13-20)22(26)14-19-6-3-5-17-4-1-2-7-21(17)19/h1-11,20H,12-15H2,(H2,24,27). The molecule has 3 aromatic carbocycles. The van der Waals surface area contributed by atoms with Crippen molar-refractivity contribution >= 4 is 22.6 Å². The molecule has 4 nitrogen and oxygen atoms in total. The Labute approximate surface area is 158 Å². The van der Waals surface area contributed by atoms with Crippen LogP contribution in [0.4, 0.5) is 0 Å². The zero-order valence-corrected chi connectivity index (χ0v) is 15.1. The Kier molecular flexibility index (Phi) is 4.63. The quantitative estimate of drug-likeness (QED) is 0.731. The summed E-state index contributed by atoms with van der Waals surface area (Å²) in [4.78, 5) is 26.3. The van der Waals surface area contributed by atoms with E-state index in [2.05, 4.69) is 18.2 Å². The van der Waals surface area contributed by atoms with Crippen LogP contribution in [0.1, 0.15) is 34.3 Å². The Morgan fingerprint density at radius 1 is 0.926 bits per heavy atom. The maximum absolute atomic E-state index is 13.1. The number of rotatable bonds is 6. The van der Waals surface area contributed by atoms with Crippen LogP contribution in [0.2, 0.25) is 0 Å². The van der Waals surface area contributed by atoms with Crippen molar-refractivity contribution in [1.82, 2.24) is 4.90 Å². The number of nitrogens with two attached hydrogens (primary N) is 1. The largest absolute Gasteiger partial charge is 0.366 e. The van der Waals surface area contributed by atoms with E-state index in [9.17, 15) is 9.59 Å². The number of amides is 2. The predicted octanol–water partition coefficient (Wildman–Crippen LogP) is 3.67. The van der Waals surface area contributed by atoms with Crippen LogP contribution in [0.15, 0.2) is 66.7 Å². The average molecular weight is 358 g/mol. The highest BCUT2D eigenvalue weighted by Gasteiger charge is 2.32. The first-order valence-corrected chi connectivity index (χ1v) is 9.26. The van der Waals surface area contributed by atoms with Crippen LogP contribution in [-0.2, 0) is 17.8 Å². The summed E-state index contributed by atoms with van der Waals surface area (Å²) in [5, 5.41) is 2.29. The summed E-state index contributed by atoms with van der Waals surface area (Å²) in [6, 6.07) is 21.8. The van der Waals surface area contributed by atoms with E-state index in [0.717, 1.165) is 34.7 Å². The van der Waals surface area contributed by atoms with E-state index in [1.54, 1.807) is 12.1 Å². The smallest absolute Gasteiger partial charge is 0.248 e. The molecule has 0 aromatic heterocycles. The molecule has 0 aliphatic heterocycles. The fourth-order valence-corrected chi connectivity index (χ4v) is 3.49. The minimum Gasteiger partial charge on any atom is -0.366 e. The SMILES string of the molecule is NC(=O)c1ccc(CN(C(=O)Cc2cccc3ccccc23)C2CC2)cc1. The Balaban J connectivity index is 1.53. The number of hydrogen-bond acceptors (Lipinski definition) is 2. The van der Waals surface area contributed by atoms with Gasteiger partial charge in [-0.25, -0.2) is 0 Å². The van der Waals surface area contributed by atoms with Gasteiger partial charge in [-0.3, -0.25) is 9.59 Å². The molecular formula is C23H22N2O2. The van der Waals surface area contributed by atoms with E-state index in [4.69, 9.17) is 5.73 Å². The molecule has 3 aromatic rings. The lowest BCUT2D eigenvalue weighted by Gasteiger charge is -2.23. The fourth-order valence-electron chi connectivity index (χ4n) is 3.49. The maximum atomic E-state index is 13.1. The number of carbonyl (C=O) groups is 2. The molecule has 0 saturated heterocycles. The Hall–Kier alpha value is -3.14. The van der Waals surface area contributed by atoms with Gasteiger partial charge in [0.2, 0.25) is 11.8 Å². The van der Waals surface area contributed by atoms with Gasteiger partial charge in [0.25, 0.3) is 0 Å². The van der Waals surface area contributed by atoms with Gasteiger partial charge in [0.05, 0.1) is 6.42 Å². The molecule has 0 bridgehead atoms. The van der Waals surface area contributed by atoms with Crippen LogP contribution in [-0.4, -0.2) is 22.8 Å². The molecule has 2 N–H and O–H groups in total. The summed E-state index contributed by atoms with van der Waals surface area (Å²) in [6.07, 6.45) is 2.51. The molecule has 2 amide bonds. The minimum absolute atomic E-state index is 0.146. The molecular weight excluding hydrogens is 336 g/mol. The second-order valence-electron chi connectivity index (χ2n) is 7.13. The molecule has 1 aliphatic carbocycles. The molecule has 136 valence electrons. The van der Waals surface area contributed by atoms with Crippen LogP contribution >= 0.6 is 0 Å². The molecule has 4 rings (SSSR count). The molecule has 0 radical (unpaired) electrons. The van der Waals surface area contributed by atoms with Crippen LogP contribution in [0.25, 0.3) is 10.8 Å². The molecule has 1 aliphatic rings. The number of benzene rings is 3. The number of hydrogen-bond donors (Lipinski definition) is 1. The predicted molar refractivity (Wildman–Crippen MR) is 106 cm³/mol. The second kappa shape index (κ2) is 7.23. The van der Waals surface area contributed by atoms with Gasteiger partial charge in [0.1, 0.15) is 0 Å². The van der Waals surface area contributed by atoms with Crippen molar-refractivity contribution in [3.63, 3.8) is 0 Å². The van der Waals surface area contributed by atoms with Crippen molar-refractivity contribution in [1.29, 1.82) is 0 Å². The molecule has 1 fully saturated rings. The lowest BCUT2D eigenvalue weighted by molar-refractivity contribution is -0.131. The third-order valence-electron chi connectivity index (χ3n) is 5.12. The van der Waals surface area contributed by atoms with Gasteiger partial charge in [-0.15, -0.1) is 0 Å². The maximum Gasteiger partial charge on any atom is 0.248 e. The molecule has 4 heteroatoms. The molecule has 0 unspecified atom stereocenters. The highest BCUT2D eigenvalue weighted by Crippen LogP contribution is 2.30. The van der Waals surface area contributed by atoms with Crippen LogP contribution in [0.5, 0.6) is 0 Å². The molecule has 1 saturated carbocycles. The molecule has 0 atom stereocenters. The van der Waals surface area contributed by atoms with Gasteiger partial charge in [-0.2, -0.15) is 0 Å². The van der Waals surface area contributed by atoms with Crippen molar-refractivity contribution in [2.24, 2.45) is 5.73 Å². The number of nitrogens with zero attached hydrogens (tertiary/aromatic N) is 1. The molecule has 27 heavy (non-hydrogen) atoms. The highest BCUT2D eigenvalue weighted by molar-refractivity contribution is 5.93. The zero-order chi connectivity index (χ0) is 18.8. The van der Waals surface area contributed by atoms with Crippen LogP contribution in [0.3, 0.4) is 0 Å². The van der Waals surface area contributed by atoms with Gasteiger partial charge < -0.3 is 10.6 Å². The van der Waals surface area contributed by atoms with Crippen molar-refractivity contribution in [2.75, 3.05) is 0 Å². The fraction of sp³-hybridized carbons (Fsp3) is 0.217. The van der Waals surface area contributed by atoms with E-state index in [1.165, 1.54) is 0 Å². The Morgan fingerprint density at radius 2 is 1.63 bits per heavy atom. The topological polar surface area (TPSA) is 63.4 Å². The van der Waals surface area contributed by atoms with Gasteiger partial charge in [0, 0.05) is 18.2 Å². The lowest BCUT2D eigenvalue weighted by Crippen LogP contribution is -2.33. The summed E-state index contributed by atoms with van der Waals surface area (Å²) in [5.41, 5.74) is 7.86.